The van der Waals surface area contributed by atoms with Gasteiger partial charge in [0.2, 0.25) is 0 Å². The van der Waals surface area contributed by atoms with Gasteiger partial charge in [0.05, 0.1) is 5.56 Å². The molecule has 0 bridgehead atoms. The number of benzene rings is 1. The van der Waals surface area contributed by atoms with Crippen molar-refractivity contribution in [1.82, 2.24) is 0 Å². The van der Waals surface area contributed by atoms with Crippen LogP contribution in [0, 0.1) is 5.41 Å². The molecule has 0 saturated carbocycles. The highest BCUT2D eigenvalue weighted by Crippen LogP contribution is 2.29. The van der Waals surface area contributed by atoms with Gasteiger partial charge in [0, 0.05) is 4.47 Å². The van der Waals surface area contributed by atoms with E-state index in [4.69, 9.17) is 15.9 Å². The van der Waals surface area contributed by atoms with E-state index in [-0.39, 0.29) is 11.4 Å². The predicted molar refractivity (Wildman–Crippen MR) is 70.2 cm³/mol. The standard InChI is InChI=1S/C12H17BrN2O/c1-4-12(2,3)16-9-7-5-6-8(13)10(9)11(14)15/h5-7H,4H2,1-3H3,(H3,14,15). The molecule has 1 aromatic carbocycles. The van der Waals surface area contributed by atoms with Crippen molar-refractivity contribution in [3.63, 3.8) is 0 Å². The van der Waals surface area contributed by atoms with Crippen LogP contribution in [0.15, 0.2) is 22.7 Å². The highest BCUT2D eigenvalue weighted by molar-refractivity contribution is 9.10. The molecule has 1 rings (SSSR count). The van der Waals surface area contributed by atoms with E-state index in [9.17, 15) is 0 Å². The molecule has 0 fully saturated rings. The van der Waals surface area contributed by atoms with Crippen molar-refractivity contribution in [2.24, 2.45) is 5.73 Å². The second-order valence-corrected chi connectivity index (χ2v) is 5.10. The third-order valence-electron chi connectivity index (χ3n) is 2.48. The lowest BCUT2D eigenvalue weighted by molar-refractivity contribution is 0.105. The van der Waals surface area contributed by atoms with E-state index in [0.29, 0.717) is 11.3 Å². The van der Waals surface area contributed by atoms with E-state index in [1.807, 2.05) is 32.0 Å². The minimum atomic E-state index is -0.259. The lowest BCUT2D eigenvalue weighted by Gasteiger charge is -2.26. The van der Waals surface area contributed by atoms with E-state index in [1.54, 1.807) is 0 Å². The molecule has 4 heteroatoms. The van der Waals surface area contributed by atoms with Crippen LogP contribution in [-0.4, -0.2) is 11.4 Å². The van der Waals surface area contributed by atoms with Gasteiger partial charge in [-0.05, 0) is 48.3 Å². The van der Waals surface area contributed by atoms with E-state index in [0.717, 1.165) is 10.9 Å². The maximum absolute atomic E-state index is 7.55. The van der Waals surface area contributed by atoms with Crippen molar-refractivity contribution < 1.29 is 4.74 Å². The van der Waals surface area contributed by atoms with Gasteiger partial charge in [-0.1, -0.05) is 13.0 Å². The van der Waals surface area contributed by atoms with Crippen LogP contribution < -0.4 is 10.5 Å². The van der Waals surface area contributed by atoms with Gasteiger partial charge in [0.15, 0.2) is 0 Å². The molecule has 88 valence electrons. The molecule has 3 N–H and O–H groups in total. The van der Waals surface area contributed by atoms with Gasteiger partial charge in [-0.15, -0.1) is 0 Å². The number of hydrogen-bond acceptors (Lipinski definition) is 2. The molecule has 0 aliphatic carbocycles. The number of hydrogen-bond donors (Lipinski definition) is 2. The topological polar surface area (TPSA) is 59.1 Å². The van der Waals surface area contributed by atoms with Crippen LogP contribution in [0.4, 0.5) is 0 Å². The van der Waals surface area contributed by atoms with Crippen molar-refractivity contribution in [3.05, 3.63) is 28.2 Å². The summed E-state index contributed by atoms with van der Waals surface area (Å²) in [5.74, 6) is 0.656. The Bertz CT molecular complexity index is 402. The SMILES string of the molecule is CCC(C)(C)Oc1cccc(Br)c1C(=N)N. The lowest BCUT2D eigenvalue weighted by Crippen LogP contribution is -2.28. The molecule has 0 radical (unpaired) electrons. The Kier molecular flexibility index (Phi) is 3.97. The summed E-state index contributed by atoms with van der Waals surface area (Å²) >= 11 is 3.38. The predicted octanol–water partition coefficient (Wildman–Crippen LogP) is 3.30. The number of amidine groups is 1. The molecule has 0 aliphatic heterocycles. The number of rotatable bonds is 4. The minimum absolute atomic E-state index is 0.00868. The maximum atomic E-state index is 7.55. The fourth-order valence-electron chi connectivity index (χ4n) is 1.22. The number of nitrogen functional groups attached to an aromatic ring is 1. The molecule has 0 spiro atoms. The van der Waals surface area contributed by atoms with Crippen LogP contribution in [0.5, 0.6) is 5.75 Å². The maximum Gasteiger partial charge on any atom is 0.132 e. The zero-order chi connectivity index (χ0) is 12.3. The van der Waals surface area contributed by atoms with Crippen LogP contribution in [0.1, 0.15) is 32.8 Å². The van der Waals surface area contributed by atoms with Crippen molar-refractivity contribution in [2.45, 2.75) is 32.8 Å². The van der Waals surface area contributed by atoms with Crippen LogP contribution in [0.2, 0.25) is 0 Å². The fourth-order valence-corrected chi connectivity index (χ4v) is 1.78. The molecule has 1 aromatic rings. The number of ether oxygens (including phenoxy) is 1. The number of nitrogens with one attached hydrogen (secondary N) is 1. The molecule has 0 atom stereocenters. The quantitative estimate of drug-likeness (QED) is 0.658. The van der Waals surface area contributed by atoms with Gasteiger partial charge in [-0.2, -0.15) is 0 Å². The number of nitrogens with two attached hydrogens (primary N) is 1. The van der Waals surface area contributed by atoms with Crippen molar-refractivity contribution in [3.8, 4) is 5.75 Å². The first-order valence-electron chi connectivity index (χ1n) is 5.19. The Balaban J connectivity index is 3.14. The summed E-state index contributed by atoms with van der Waals surface area (Å²) in [6, 6.07) is 5.55. The van der Waals surface area contributed by atoms with E-state index >= 15 is 0 Å². The smallest absolute Gasteiger partial charge is 0.132 e. The minimum Gasteiger partial charge on any atom is -0.487 e. The van der Waals surface area contributed by atoms with Crippen LogP contribution in [-0.2, 0) is 0 Å². The molecule has 16 heavy (non-hydrogen) atoms. The highest BCUT2D eigenvalue weighted by Gasteiger charge is 2.20. The van der Waals surface area contributed by atoms with Gasteiger partial charge in [0.1, 0.15) is 17.2 Å². The number of halogens is 1. The second-order valence-electron chi connectivity index (χ2n) is 4.24. The summed E-state index contributed by atoms with van der Waals surface area (Å²) in [5, 5.41) is 7.55. The summed E-state index contributed by atoms with van der Waals surface area (Å²) in [7, 11) is 0. The Morgan fingerprint density at radius 3 is 2.62 bits per heavy atom. The van der Waals surface area contributed by atoms with Gasteiger partial charge in [-0.3, -0.25) is 5.41 Å². The van der Waals surface area contributed by atoms with E-state index in [1.165, 1.54) is 0 Å². The zero-order valence-corrected chi connectivity index (χ0v) is 11.4. The van der Waals surface area contributed by atoms with Gasteiger partial charge < -0.3 is 10.5 Å². The average Bonchev–Trinajstić information content (AvgIpc) is 2.16. The molecule has 0 unspecified atom stereocenters. The molecular weight excluding hydrogens is 268 g/mol. The first-order chi connectivity index (χ1) is 7.37. The molecular formula is C12H17BrN2O. The molecule has 0 aromatic heterocycles. The third kappa shape index (κ3) is 2.98. The molecule has 0 amide bonds. The summed E-state index contributed by atoms with van der Waals surface area (Å²) in [6.07, 6.45) is 0.886. The molecule has 3 nitrogen and oxygen atoms in total. The normalized spacial score (nSPS) is 11.2. The Hall–Kier alpha value is -1.03. The van der Waals surface area contributed by atoms with Gasteiger partial charge >= 0.3 is 0 Å². The first kappa shape index (κ1) is 13.0. The summed E-state index contributed by atoms with van der Waals surface area (Å²) in [4.78, 5) is 0. The first-order valence-corrected chi connectivity index (χ1v) is 5.98. The zero-order valence-electron chi connectivity index (χ0n) is 9.80. The van der Waals surface area contributed by atoms with Crippen molar-refractivity contribution in [2.75, 3.05) is 0 Å². The highest BCUT2D eigenvalue weighted by atomic mass is 79.9. The van der Waals surface area contributed by atoms with Crippen molar-refractivity contribution >= 4 is 21.8 Å². The summed E-state index contributed by atoms with van der Waals surface area (Å²) < 4.78 is 6.66. The molecule has 0 aliphatic rings. The largest absolute Gasteiger partial charge is 0.487 e. The van der Waals surface area contributed by atoms with Crippen LogP contribution in [0.25, 0.3) is 0 Å². The van der Waals surface area contributed by atoms with Gasteiger partial charge in [0.25, 0.3) is 0 Å². The second kappa shape index (κ2) is 4.87. The monoisotopic (exact) mass is 284 g/mol. The Morgan fingerprint density at radius 1 is 1.50 bits per heavy atom. The third-order valence-corrected chi connectivity index (χ3v) is 3.14. The summed E-state index contributed by atoms with van der Waals surface area (Å²) in [5.41, 5.74) is 5.90. The Morgan fingerprint density at radius 2 is 2.12 bits per heavy atom. The van der Waals surface area contributed by atoms with E-state index in [2.05, 4.69) is 22.9 Å². The molecule has 0 saturated heterocycles. The Labute approximate surface area is 105 Å². The van der Waals surface area contributed by atoms with E-state index < -0.39 is 0 Å². The van der Waals surface area contributed by atoms with Gasteiger partial charge in [-0.25, -0.2) is 0 Å². The summed E-state index contributed by atoms with van der Waals surface area (Å²) in [6.45, 7) is 6.08. The average molecular weight is 285 g/mol. The van der Waals surface area contributed by atoms with Crippen LogP contribution in [0.3, 0.4) is 0 Å². The van der Waals surface area contributed by atoms with Crippen LogP contribution >= 0.6 is 15.9 Å². The molecule has 0 heterocycles. The fraction of sp³-hybridized carbons (Fsp3) is 0.417. The van der Waals surface area contributed by atoms with Crippen molar-refractivity contribution in [1.29, 1.82) is 5.41 Å². The lowest BCUT2D eigenvalue weighted by atomic mass is 10.1.